The average Bonchev–Trinajstić information content (AvgIpc) is 2.49. The van der Waals surface area contributed by atoms with Gasteiger partial charge in [0.25, 0.3) is 0 Å². The van der Waals surface area contributed by atoms with Gasteiger partial charge in [0.2, 0.25) is 5.91 Å². The Kier molecular flexibility index (Phi) is 7.63. The van der Waals surface area contributed by atoms with Crippen molar-refractivity contribution in [3.8, 4) is 0 Å². The van der Waals surface area contributed by atoms with Crippen LogP contribution in [0.5, 0.6) is 0 Å². The number of hydrogen-bond donors (Lipinski definition) is 2. The Morgan fingerprint density at radius 1 is 1.09 bits per heavy atom. The Balaban J connectivity index is 0.00000242. The van der Waals surface area contributed by atoms with Crippen LogP contribution in [0.4, 0.5) is 0 Å². The Morgan fingerprint density at radius 2 is 1.64 bits per heavy atom. The highest BCUT2D eigenvalue weighted by Crippen LogP contribution is 2.24. The van der Waals surface area contributed by atoms with Gasteiger partial charge in [-0.15, -0.1) is 12.4 Å². The predicted octanol–water partition coefficient (Wildman–Crippen LogP) is 2.29. The fourth-order valence-electron chi connectivity index (χ4n) is 3.43. The lowest BCUT2D eigenvalue weighted by molar-refractivity contribution is -0.143. The number of nitrogens with one attached hydrogen (secondary N) is 1. The summed E-state index contributed by atoms with van der Waals surface area (Å²) in [5.41, 5.74) is 0. The summed E-state index contributed by atoms with van der Waals surface area (Å²) in [4.78, 5) is 25.4. The van der Waals surface area contributed by atoms with Gasteiger partial charge in [-0.25, -0.2) is 0 Å². The molecule has 2 aliphatic rings. The second-order valence-electron chi connectivity index (χ2n) is 6.79. The molecule has 1 aliphatic heterocycles. The van der Waals surface area contributed by atoms with Crippen LogP contribution in [0.2, 0.25) is 0 Å². The second-order valence-corrected chi connectivity index (χ2v) is 6.79. The Hall–Kier alpha value is -0.810. The summed E-state index contributed by atoms with van der Waals surface area (Å²) in [6, 6.07) is 0.173. The summed E-state index contributed by atoms with van der Waals surface area (Å²) in [5.74, 6) is -0.0617. The van der Waals surface area contributed by atoms with Gasteiger partial charge in [0.15, 0.2) is 0 Å². The lowest BCUT2D eigenvalue weighted by atomic mass is 9.87. The highest BCUT2D eigenvalue weighted by molar-refractivity contribution is 5.85. The van der Waals surface area contributed by atoms with E-state index in [1.54, 1.807) is 0 Å². The van der Waals surface area contributed by atoms with E-state index in [0.717, 1.165) is 18.8 Å². The van der Waals surface area contributed by atoms with Crippen LogP contribution in [0.15, 0.2) is 0 Å². The minimum absolute atomic E-state index is 0. The van der Waals surface area contributed by atoms with Crippen molar-refractivity contribution in [1.29, 1.82) is 0 Å². The van der Waals surface area contributed by atoms with E-state index in [4.69, 9.17) is 5.11 Å². The molecule has 6 heteroatoms. The molecule has 128 valence electrons. The Labute approximate surface area is 139 Å². The molecule has 0 bridgehead atoms. The molecule has 22 heavy (non-hydrogen) atoms. The van der Waals surface area contributed by atoms with E-state index in [2.05, 4.69) is 17.1 Å². The summed E-state index contributed by atoms with van der Waals surface area (Å²) in [7, 11) is 0. The maximum Gasteiger partial charge on any atom is 0.306 e. The monoisotopic (exact) mass is 332 g/mol. The number of carbonyl (C=O) groups is 2. The summed E-state index contributed by atoms with van der Waals surface area (Å²) in [6.07, 6.45) is 5.86. The molecule has 0 aromatic rings. The molecule has 2 N–H and O–H groups in total. The molecule has 0 aromatic carbocycles. The van der Waals surface area contributed by atoms with Crippen molar-refractivity contribution in [2.75, 3.05) is 13.1 Å². The highest BCUT2D eigenvalue weighted by Gasteiger charge is 2.30. The smallest absolute Gasteiger partial charge is 0.306 e. The van der Waals surface area contributed by atoms with Crippen LogP contribution in [-0.2, 0) is 9.59 Å². The van der Waals surface area contributed by atoms with Gasteiger partial charge in [0.05, 0.1) is 12.0 Å². The predicted molar refractivity (Wildman–Crippen MR) is 88.2 cm³/mol. The number of carboxylic acid groups (broad SMARTS) is 1. The van der Waals surface area contributed by atoms with E-state index in [-0.39, 0.29) is 30.3 Å². The van der Waals surface area contributed by atoms with Crippen molar-refractivity contribution in [3.63, 3.8) is 0 Å². The van der Waals surface area contributed by atoms with Crippen molar-refractivity contribution in [2.45, 2.75) is 64.5 Å². The molecule has 1 heterocycles. The summed E-state index contributed by atoms with van der Waals surface area (Å²) in [5, 5.41) is 12.2. The van der Waals surface area contributed by atoms with Gasteiger partial charge in [0.1, 0.15) is 0 Å². The van der Waals surface area contributed by atoms with Crippen LogP contribution < -0.4 is 5.32 Å². The van der Waals surface area contributed by atoms with Gasteiger partial charge in [-0.2, -0.15) is 0 Å². The maximum absolute atomic E-state index is 12.3. The number of rotatable bonds is 4. The molecule has 1 atom stereocenters. The van der Waals surface area contributed by atoms with Crippen molar-refractivity contribution in [1.82, 2.24) is 10.2 Å². The number of amides is 1. The summed E-state index contributed by atoms with van der Waals surface area (Å²) >= 11 is 0. The first-order chi connectivity index (χ1) is 9.97. The number of nitrogens with zero attached hydrogens (tertiary/aromatic N) is 1. The van der Waals surface area contributed by atoms with E-state index in [1.807, 2.05) is 6.92 Å². The molecule has 0 aromatic heterocycles. The minimum Gasteiger partial charge on any atom is -0.481 e. The second kappa shape index (κ2) is 8.73. The molecule has 1 amide bonds. The third-order valence-corrected chi connectivity index (χ3v) is 5.17. The van der Waals surface area contributed by atoms with E-state index in [1.165, 1.54) is 12.8 Å². The first-order valence-corrected chi connectivity index (χ1v) is 8.24. The van der Waals surface area contributed by atoms with Crippen LogP contribution in [0, 0.1) is 11.8 Å². The van der Waals surface area contributed by atoms with E-state index in [9.17, 15) is 9.59 Å². The molecule has 1 saturated carbocycles. The van der Waals surface area contributed by atoms with Gasteiger partial charge in [-0.05, 0) is 64.5 Å². The van der Waals surface area contributed by atoms with Crippen LogP contribution in [0.3, 0.4) is 0 Å². The van der Waals surface area contributed by atoms with E-state index in [0.29, 0.717) is 32.0 Å². The first-order valence-electron chi connectivity index (χ1n) is 8.24. The quantitative estimate of drug-likeness (QED) is 0.828. The summed E-state index contributed by atoms with van der Waals surface area (Å²) in [6.45, 7) is 5.61. The first kappa shape index (κ1) is 19.2. The topological polar surface area (TPSA) is 69.6 Å². The number of hydrogen-bond acceptors (Lipinski definition) is 3. The number of aliphatic carboxylic acids is 1. The third-order valence-electron chi connectivity index (χ3n) is 5.17. The Bertz CT molecular complexity index is 376. The standard InChI is InChI=1S/C16H28N2O3.ClH/c1-11-3-5-14(6-4-11)17-15(19)12(2)18-9-7-13(8-10-18)16(20)21;/h11-14H,3-10H2,1-2H3,(H,17,19)(H,20,21);1H. The van der Waals surface area contributed by atoms with Gasteiger partial charge >= 0.3 is 5.97 Å². The van der Waals surface area contributed by atoms with E-state index >= 15 is 0 Å². The zero-order chi connectivity index (χ0) is 15.4. The van der Waals surface area contributed by atoms with Gasteiger partial charge < -0.3 is 10.4 Å². The molecule has 1 aliphatic carbocycles. The fourth-order valence-corrected chi connectivity index (χ4v) is 3.43. The molecule has 2 fully saturated rings. The molecule has 1 unspecified atom stereocenters. The van der Waals surface area contributed by atoms with Gasteiger partial charge in [-0.3, -0.25) is 14.5 Å². The zero-order valence-electron chi connectivity index (χ0n) is 13.6. The third kappa shape index (κ3) is 5.13. The van der Waals surface area contributed by atoms with Crippen LogP contribution >= 0.6 is 12.4 Å². The zero-order valence-corrected chi connectivity index (χ0v) is 14.4. The molecular formula is C16H29ClN2O3. The number of halogens is 1. The number of carbonyl (C=O) groups excluding carboxylic acids is 1. The number of carboxylic acids is 1. The van der Waals surface area contributed by atoms with Gasteiger partial charge in [-0.1, -0.05) is 6.92 Å². The van der Waals surface area contributed by atoms with Crippen LogP contribution in [0.25, 0.3) is 0 Å². The highest BCUT2D eigenvalue weighted by atomic mass is 35.5. The molecule has 2 rings (SSSR count). The minimum atomic E-state index is -0.705. The van der Waals surface area contributed by atoms with Gasteiger partial charge in [0, 0.05) is 6.04 Å². The maximum atomic E-state index is 12.3. The Morgan fingerprint density at radius 3 is 2.14 bits per heavy atom. The lowest BCUT2D eigenvalue weighted by Gasteiger charge is -2.35. The molecule has 0 radical (unpaired) electrons. The summed E-state index contributed by atoms with van der Waals surface area (Å²) < 4.78 is 0. The van der Waals surface area contributed by atoms with Crippen molar-refractivity contribution in [2.24, 2.45) is 11.8 Å². The number of likely N-dealkylation sites (tertiary alicyclic amines) is 1. The largest absolute Gasteiger partial charge is 0.481 e. The van der Waals surface area contributed by atoms with Crippen molar-refractivity contribution >= 4 is 24.3 Å². The van der Waals surface area contributed by atoms with Crippen LogP contribution in [-0.4, -0.2) is 47.1 Å². The molecule has 0 spiro atoms. The fraction of sp³-hybridized carbons (Fsp3) is 0.875. The SMILES string of the molecule is CC1CCC(NC(=O)C(C)N2CCC(C(=O)O)CC2)CC1.Cl. The van der Waals surface area contributed by atoms with Crippen molar-refractivity contribution < 1.29 is 14.7 Å². The molecular weight excluding hydrogens is 304 g/mol. The lowest BCUT2D eigenvalue weighted by Crippen LogP contribution is -2.51. The average molecular weight is 333 g/mol. The van der Waals surface area contributed by atoms with Crippen LogP contribution in [0.1, 0.15) is 52.4 Å². The molecule has 5 nitrogen and oxygen atoms in total. The normalized spacial score (nSPS) is 28.5. The van der Waals surface area contributed by atoms with Crippen molar-refractivity contribution in [3.05, 3.63) is 0 Å². The van der Waals surface area contributed by atoms with E-state index < -0.39 is 5.97 Å². The number of piperidine rings is 1. The molecule has 1 saturated heterocycles.